The molecule has 0 radical (unpaired) electrons. The molecule has 1 aliphatic heterocycles. The highest BCUT2D eigenvalue weighted by molar-refractivity contribution is 6.46. The van der Waals surface area contributed by atoms with Gasteiger partial charge in [0.15, 0.2) is 0 Å². The molecule has 6 nitrogen and oxygen atoms in total. The van der Waals surface area contributed by atoms with E-state index in [0.717, 1.165) is 5.56 Å². The predicted octanol–water partition coefficient (Wildman–Crippen LogP) is 2.91. The van der Waals surface area contributed by atoms with Crippen molar-refractivity contribution in [2.24, 2.45) is 0 Å². The topological polar surface area (TPSA) is 88.0 Å². The summed E-state index contributed by atoms with van der Waals surface area (Å²) in [6.45, 7) is 2.31. The van der Waals surface area contributed by atoms with Gasteiger partial charge in [0.1, 0.15) is 5.02 Å². The Bertz CT molecular complexity index is 816. The molecule has 2 aromatic rings. The minimum atomic E-state index is -0.585. The fourth-order valence-electron chi connectivity index (χ4n) is 2.58. The van der Waals surface area contributed by atoms with E-state index >= 15 is 0 Å². The summed E-state index contributed by atoms with van der Waals surface area (Å²) < 4.78 is 0. The van der Waals surface area contributed by atoms with Crippen molar-refractivity contribution in [2.75, 3.05) is 0 Å². The maximum Gasteiger partial charge on any atom is 0.290 e. The van der Waals surface area contributed by atoms with E-state index in [2.05, 4.69) is 10.3 Å². The first-order valence-corrected chi connectivity index (χ1v) is 6.62. The number of H-pyrrole nitrogens is 1. The minimum Gasteiger partial charge on any atom is -0.320 e. The number of rotatable bonds is 1. The Hall–Kier alpha value is -1.63. The van der Waals surface area contributed by atoms with Crippen molar-refractivity contribution in [1.29, 1.82) is 0 Å². The molecular weight excluding hydrogens is 305 g/mol. The van der Waals surface area contributed by atoms with Gasteiger partial charge < -0.3 is 10.3 Å². The molecule has 0 spiro atoms. The van der Waals surface area contributed by atoms with E-state index in [4.69, 9.17) is 23.2 Å². The van der Waals surface area contributed by atoms with Crippen molar-refractivity contribution in [2.45, 2.75) is 19.5 Å². The highest BCUT2D eigenvalue weighted by Crippen LogP contribution is 2.40. The maximum absolute atomic E-state index is 12.0. The van der Waals surface area contributed by atoms with E-state index in [-0.39, 0.29) is 27.3 Å². The van der Waals surface area contributed by atoms with Gasteiger partial charge in [0.2, 0.25) is 0 Å². The maximum atomic E-state index is 12.0. The number of pyridine rings is 1. The van der Waals surface area contributed by atoms with Crippen molar-refractivity contribution in [3.05, 3.63) is 47.7 Å². The van der Waals surface area contributed by atoms with Crippen LogP contribution >= 0.6 is 23.2 Å². The zero-order chi connectivity index (χ0) is 14.6. The van der Waals surface area contributed by atoms with Crippen LogP contribution in [0.5, 0.6) is 0 Å². The Morgan fingerprint density at radius 2 is 2.10 bits per heavy atom. The summed E-state index contributed by atoms with van der Waals surface area (Å²) >= 11 is 12.0. The van der Waals surface area contributed by atoms with Gasteiger partial charge in [-0.2, -0.15) is 0 Å². The molecule has 0 amide bonds. The molecular formula is C12H9Cl2N3O3. The third-order valence-electron chi connectivity index (χ3n) is 3.53. The molecule has 1 atom stereocenters. The van der Waals surface area contributed by atoms with Crippen LogP contribution in [0.4, 0.5) is 5.69 Å². The predicted molar refractivity (Wildman–Crippen MR) is 76.5 cm³/mol. The van der Waals surface area contributed by atoms with Gasteiger partial charge in [-0.3, -0.25) is 14.9 Å². The van der Waals surface area contributed by atoms with Crippen LogP contribution in [0.25, 0.3) is 10.9 Å². The molecule has 0 aliphatic carbocycles. The second-order valence-electron chi connectivity index (χ2n) is 4.65. The van der Waals surface area contributed by atoms with Crippen LogP contribution in [0, 0.1) is 10.1 Å². The first kappa shape index (κ1) is 13.4. The summed E-state index contributed by atoms with van der Waals surface area (Å²) in [6, 6.07) is 1.29. The molecule has 0 fully saturated rings. The first-order chi connectivity index (χ1) is 9.41. The Kier molecular flexibility index (Phi) is 2.97. The standard InChI is InChI=1S/C12H9Cl2N3O3/c1-4-8-5-2-7(17(19)20)9(13)10(14)11(5)16-12(18)6(8)3-15-4/h2,4,15H,3H2,1H3,(H,16,18)/t4-/m0/s1. The van der Waals surface area contributed by atoms with Gasteiger partial charge in [-0.25, -0.2) is 0 Å². The van der Waals surface area contributed by atoms with E-state index in [1.54, 1.807) is 0 Å². The number of hydrogen-bond donors (Lipinski definition) is 2. The highest BCUT2D eigenvalue weighted by Gasteiger charge is 2.28. The summed E-state index contributed by atoms with van der Waals surface area (Å²) in [7, 11) is 0. The zero-order valence-electron chi connectivity index (χ0n) is 10.3. The molecule has 2 heterocycles. The Morgan fingerprint density at radius 3 is 2.75 bits per heavy atom. The van der Waals surface area contributed by atoms with Crippen LogP contribution in [-0.4, -0.2) is 9.91 Å². The third kappa shape index (κ3) is 1.72. The van der Waals surface area contributed by atoms with Gasteiger partial charge in [-0.15, -0.1) is 0 Å². The van der Waals surface area contributed by atoms with E-state index in [1.165, 1.54) is 6.07 Å². The minimum absolute atomic E-state index is 0.00475. The molecule has 0 saturated heterocycles. The fraction of sp³-hybridized carbons (Fsp3) is 0.250. The van der Waals surface area contributed by atoms with Crippen LogP contribution in [0.2, 0.25) is 10.0 Å². The second-order valence-corrected chi connectivity index (χ2v) is 5.41. The molecule has 1 aromatic heterocycles. The zero-order valence-corrected chi connectivity index (χ0v) is 11.8. The number of nitro benzene ring substituents is 1. The highest BCUT2D eigenvalue weighted by atomic mass is 35.5. The van der Waals surface area contributed by atoms with Crippen LogP contribution in [0.3, 0.4) is 0 Å². The second kappa shape index (κ2) is 4.44. The van der Waals surface area contributed by atoms with E-state index in [0.29, 0.717) is 23.0 Å². The van der Waals surface area contributed by atoms with E-state index in [9.17, 15) is 14.9 Å². The van der Waals surface area contributed by atoms with Gasteiger partial charge in [0, 0.05) is 29.6 Å². The molecule has 0 saturated carbocycles. The third-order valence-corrected chi connectivity index (χ3v) is 4.39. The lowest BCUT2D eigenvalue weighted by Crippen LogP contribution is -2.13. The van der Waals surface area contributed by atoms with Gasteiger partial charge in [0.25, 0.3) is 11.2 Å². The number of nitrogens with zero attached hydrogens (tertiary/aromatic N) is 1. The van der Waals surface area contributed by atoms with Crippen molar-refractivity contribution in [3.63, 3.8) is 0 Å². The number of nitrogens with one attached hydrogen (secondary N) is 2. The lowest BCUT2D eigenvalue weighted by Gasteiger charge is -2.11. The normalized spacial score (nSPS) is 17.4. The molecule has 2 N–H and O–H groups in total. The van der Waals surface area contributed by atoms with E-state index < -0.39 is 4.92 Å². The number of aromatic nitrogens is 1. The average Bonchev–Trinajstić information content (AvgIpc) is 2.77. The average molecular weight is 314 g/mol. The van der Waals surface area contributed by atoms with Crippen molar-refractivity contribution >= 4 is 39.8 Å². The quantitative estimate of drug-likeness (QED) is 0.626. The largest absolute Gasteiger partial charge is 0.320 e. The Labute approximate surface area is 122 Å². The summed E-state index contributed by atoms with van der Waals surface area (Å²) in [4.78, 5) is 25.1. The van der Waals surface area contributed by atoms with Crippen molar-refractivity contribution in [1.82, 2.24) is 10.3 Å². The van der Waals surface area contributed by atoms with E-state index in [1.807, 2.05) is 6.92 Å². The van der Waals surface area contributed by atoms with Gasteiger partial charge in [0.05, 0.1) is 15.5 Å². The molecule has 20 heavy (non-hydrogen) atoms. The van der Waals surface area contributed by atoms with Gasteiger partial charge >= 0.3 is 0 Å². The summed E-state index contributed by atoms with van der Waals surface area (Å²) in [5.74, 6) is 0. The lowest BCUT2D eigenvalue weighted by molar-refractivity contribution is -0.384. The number of halogens is 2. The molecule has 0 unspecified atom stereocenters. The summed E-state index contributed by atoms with van der Waals surface area (Å²) in [5.41, 5.74) is 1.14. The Balaban J connectivity index is 2.52. The number of nitro groups is 1. The van der Waals surface area contributed by atoms with Crippen LogP contribution in [0.1, 0.15) is 24.1 Å². The fourth-order valence-corrected chi connectivity index (χ4v) is 3.05. The lowest BCUT2D eigenvalue weighted by atomic mass is 10.0. The Morgan fingerprint density at radius 1 is 1.40 bits per heavy atom. The van der Waals surface area contributed by atoms with Crippen molar-refractivity contribution in [3.8, 4) is 0 Å². The molecule has 3 rings (SSSR count). The van der Waals surface area contributed by atoms with Crippen LogP contribution in [0.15, 0.2) is 10.9 Å². The van der Waals surface area contributed by atoms with Crippen LogP contribution < -0.4 is 10.9 Å². The molecule has 1 aliphatic rings. The summed E-state index contributed by atoms with van der Waals surface area (Å²) in [6.07, 6.45) is 0. The van der Waals surface area contributed by atoms with Crippen molar-refractivity contribution < 1.29 is 4.92 Å². The molecule has 104 valence electrons. The summed E-state index contributed by atoms with van der Waals surface area (Å²) in [5, 5.41) is 14.6. The smallest absolute Gasteiger partial charge is 0.290 e. The monoisotopic (exact) mass is 313 g/mol. The number of fused-ring (bicyclic) bond motifs is 3. The molecule has 0 bridgehead atoms. The molecule has 1 aromatic carbocycles. The van der Waals surface area contributed by atoms with Gasteiger partial charge in [-0.05, 0) is 12.5 Å². The van der Waals surface area contributed by atoms with Gasteiger partial charge in [-0.1, -0.05) is 23.2 Å². The first-order valence-electron chi connectivity index (χ1n) is 5.86. The number of aromatic amines is 1. The number of benzene rings is 1. The number of hydrogen-bond acceptors (Lipinski definition) is 4. The molecule has 8 heteroatoms. The van der Waals surface area contributed by atoms with Crippen LogP contribution in [-0.2, 0) is 6.54 Å². The SMILES string of the molecule is C[C@@H]1NCc2c1c1cc([N+](=O)[O-])c(Cl)c(Cl)c1[nH]c2=O.